The lowest BCUT2D eigenvalue weighted by Gasteiger charge is -2.31. The molecule has 0 saturated carbocycles. The second-order valence-electron chi connectivity index (χ2n) is 3.68. The van der Waals surface area contributed by atoms with Gasteiger partial charge in [0.25, 0.3) is 0 Å². The molecule has 0 aromatic carbocycles. The third-order valence-electron chi connectivity index (χ3n) is 2.80. The number of rotatable bonds is 2. The van der Waals surface area contributed by atoms with Gasteiger partial charge in [0.15, 0.2) is 0 Å². The van der Waals surface area contributed by atoms with Crippen LogP contribution in [0.4, 0.5) is 0 Å². The van der Waals surface area contributed by atoms with Crippen molar-refractivity contribution >= 4 is 12.4 Å². The fourth-order valence-electron chi connectivity index (χ4n) is 2.18. The molecule has 0 aromatic heterocycles. The Balaban J connectivity index is 0.000000845. The molecule has 0 spiro atoms. The second kappa shape index (κ2) is 5.15. The molecule has 78 valence electrons. The van der Waals surface area contributed by atoms with Crippen LogP contribution in [0.5, 0.6) is 0 Å². The molecule has 2 aliphatic heterocycles. The minimum Gasteiger partial charge on any atom is -0.382 e. The molecule has 1 N–H and O–H groups in total. The molecule has 0 bridgehead atoms. The zero-order chi connectivity index (χ0) is 8.39. The molecule has 0 aliphatic carbocycles. The van der Waals surface area contributed by atoms with E-state index in [1.807, 2.05) is 0 Å². The molecule has 3 atom stereocenters. The standard InChI is InChI=1S/C9H17NO2.ClH/c1-11-6-7-2-3-8-9(12-7)4-5-10-8;/h7-10H,2-6H2,1H3;1H/t7-,8-,9-;/m1./s1. The first kappa shape index (κ1) is 11.2. The molecule has 3 nitrogen and oxygen atoms in total. The van der Waals surface area contributed by atoms with Crippen LogP contribution in [0.25, 0.3) is 0 Å². The Morgan fingerprint density at radius 1 is 1.38 bits per heavy atom. The molecular formula is C9H18ClNO2. The van der Waals surface area contributed by atoms with Crippen LogP contribution >= 0.6 is 12.4 Å². The Morgan fingerprint density at radius 2 is 2.23 bits per heavy atom. The molecule has 13 heavy (non-hydrogen) atoms. The molecule has 4 heteroatoms. The van der Waals surface area contributed by atoms with Crippen LogP contribution in [0.15, 0.2) is 0 Å². The highest BCUT2D eigenvalue weighted by Gasteiger charge is 2.34. The number of ether oxygens (including phenoxy) is 2. The van der Waals surface area contributed by atoms with Gasteiger partial charge in [0.1, 0.15) is 0 Å². The van der Waals surface area contributed by atoms with E-state index >= 15 is 0 Å². The van der Waals surface area contributed by atoms with Crippen LogP contribution < -0.4 is 5.32 Å². The van der Waals surface area contributed by atoms with Gasteiger partial charge >= 0.3 is 0 Å². The number of hydrogen-bond donors (Lipinski definition) is 1. The Morgan fingerprint density at radius 3 is 3.00 bits per heavy atom. The van der Waals surface area contributed by atoms with Crippen molar-refractivity contribution in [1.29, 1.82) is 0 Å². The van der Waals surface area contributed by atoms with Crippen molar-refractivity contribution in [3.8, 4) is 0 Å². The molecule has 0 radical (unpaired) electrons. The second-order valence-corrected chi connectivity index (χ2v) is 3.68. The lowest BCUT2D eigenvalue weighted by Crippen LogP contribution is -2.41. The van der Waals surface area contributed by atoms with Crippen LogP contribution in [0.1, 0.15) is 19.3 Å². The summed E-state index contributed by atoms with van der Waals surface area (Å²) in [6.07, 6.45) is 4.36. The summed E-state index contributed by atoms with van der Waals surface area (Å²) in [6, 6.07) is 0.623. The van der Waals surface area contributed by atoms with E-state index in [2.05, 4.69) is 5.32 Å². The van der Waals surface area contributed by atoms with Crippen molar-refractivity contribution in [2.45, 2.75) is 37.5 Å². The molecule has 0 amide bonds. The minimum absolute atomic E-state index is 0. The van der Waals surface area contributed by atoms with Gasteiger partial charge in [-0.1, -0.05) is 0 Å². The maximum atomic E-state index is 5.86. The molecule has 0 unspecified atom stereocenters. The molecule has 2 rings (SSSR count). The summed E-state index contributed by atoms with van der Waals surface area (Å²) in [5.74, 6) is 0. The number of methoxy groups -OCH3 is 1. The van der Waals surface area contributed by atoms with Crippen molar-refractivity contribution in [2.75, 3.05) is 20.3 Å². The summed E-state index contributed by atoms with van der Waals surface area (Å²) in [5.41, 5.74) is 0. The van der Waals surface area contributed by atoms with Crippen LogP contribution in [-0.2, 0) is 9.47 Å². The summed E-state index contributed by atoms with van der Waals surface area (Å²) < 4.78 is 10.9. The van der Waals surface area contributed by atoms with Gasteiger partial charge < -0.3 is 14.8 Å². The van der Waals surface area contributed by atoms with E-state index in [0.717, 1.165) is 19.6 Å². The van der Waals surface area contributed by atoms with Gasteiger partial charge in [0.2, 0.25) is 0 Å². The minimum atomic E-state index is 0. The van der Waals surface area contributed by atoms with Crippen molar-refractivity contribution in [2.24, 2.45) is 0 Å². The summed E-state index contributed by atoms with van der Waals surface area (Å²) in [7, 11) is 1.74. The van der Waals surface area contributed by atoms with Crippen LogP contribution in [0, 0.1) is 0 Å². The van der Waals surface area contributed by atoms with E-state index < -0.39 is 0 Å². The fourth-order valence-corrected chi connectivity index (χ4v) is 2.18. The van der Waals surface area contributed by atoms with E-state index in [1.165, 1.54) is 12.8 Å². The predicted molar refractivity (Wildman–Crippen MR) is 53.4 cm³/mol. The number of halogens is 1. The topological polar surface area (TPSA) is 30.5 Å². The van der Waals surface area contributed by atoms with Gasteiger partial charge in [-0.15, -0.1) is 12.4 Å². The van der Waals surface area contributed by atoms with E-state index in [9.17, 15) is 0 Å². The Kier molecular flexibility index (Phi) is 4.46. The summed E-state index contributed by atoms with van der Waals surface area (Å²) >= 11 is 0. The Bertz CT molecular complexity index is 157. The third-order valence-corrected chi connectivity index (χ3v) is 2.80. The third kappa shape index (κ3) is 2.56. The Labute approximate surface area is 85.6 Å². The molecule has 2 aliphatic rings. The van der Waals surface area contributed by atoms with Gasteiger partial charge in [-0.05, 0) is 25.8 Å². The Hall–Kier alpha value is 0.170. The fraction of sp³-hybridized carbons (Fsp3) is 1.00. The van der Waals surface area contributed by atoms with E-state index in [-0.39, 0.29) is 12.4 Å². The van der Waals surface area contributed by atoms with E-state index in [4.69, 9.17) is 9.47 Å². The van der Waals surface area contributed by atoms with Crippen molar-refractivity contribution < 1.29 is 9.47 Å². The zero-order valence-corrected chi connectivity index (χ0v) is 8.81. The lowest BCUT2D eigenvalue weighted by molar-refractivity contribution is -0.0814. The normalized spacial score (nSPS) is 38.1. The molecule has 2 fully saturated rings. The first-order chi connectivity index (χ1) is 5.90. The molecule has 2 saturated heterocycles. The van der Waals surface area contributed by atoms with Gasteiger partial charge in [-0.25, -0.2) is 0 Å². The number of hydrogen-bond acceptors (Lipinski definition) is 3. The van der Waals surface area contributed by atoms with Gasteiger partial charge in [0.05, 0.1) is 18.8 Å². The maximum absolute atomic E-state index is 5.86. The van der Waals surface area contributed by atoms with Gasteiger partial charge in [-0.3, -0.25) is 0 Å². The summed E-state index contributed by atoms with van der Waals surface area (Å²) in [4.78, 5) is 0. The lowest BCUT2D eigenvalue weighted by atomic mass is 10.0. The van der Waals surface area contributed by atoms with Gasteiger partial charge in [0, 0.05) is 13.2 Å². The summed E-state index contributed by atoms with van der Waals surface area (Å²) in [5, 5.41) is 3.46. The first-order valence-corrected chi connectivity index (χ1v) is 4.78. The number of nitrogens with one attached hydrogen (secondary N) is 1. The highest BCUT2D eigenvalue weighted by atomic mass is 35.5. The summed E-state index contributed by atoms with van der Waals surface area (Å²) in [6.45, 7) is 1.87. The van der Waals surface area contributed by atoms with Crippen LogP contribution in [0.3, 0.4) is 0 Å². The smallest absolute Gasteiger partial charge is 0.0813 e. The first-order valence-electron chi connectivity index (χ1n) is 4.78. The van der Waals surface area contributed by atoms with E-state index in [0.29, 0.717) is 18.2 Å². The quantitative estimate of drug-likeness (QED) is 0.732. The predicted octanol–water partition coefficient (Wildman–Crippen LogP) is 0.964. The van der Waals surface area contributed by atoms with Crippen molar-refractivity contribution in [1.82, 2.24) is 5.32 Å². The highest BCUT2D eigenvalue weighted by Crippen LogP contribution is 2.25. The van der Waals surface area contributed by atoms with Crippen LogP contribution in [0.2, 0.25) is 0 Å². The monoisotopic (exact) mass is 207 g/mol. The van der Waals surface area contributed by atoms with E-state index in [1.54, 1.807) is 7.11 Å². The maximum Gasteiger partial charge on any atom is 0.0813 e. The largest absolute Gasteiger partial charge is 0.382 e. The van der Waals surface area contributed by atoms with Crippen molar-refractivity contribution in [3.63, 3.8) is 0 Å². The average Bonchev–Trinajstić information content (AvgIpc) is 2.51. The molecule has 0 aromatic rings. The van der Waals surface area contributed by atoms with Gasteiger partial charge in [-0.2, -0.15) is 0 Å². The number of fused-ring (bicyclic) bond motifs is 1. The molecule has 2 heterocycles. The SMILES string of the molecule is COC[C@H]1CC[C@H]2NCC[C@H]2O1.Cl. The van der Waals surface area contributed by atoms with Crippen molar-refractivity contribution in [3.05, 3.63) is 0 Å². The average molecular weight is 208 g/mol. The van der Waals surface area contributed by atoms with Crippen LogP contribution in [-0.4, -0.2) is 38.5 Å². The highest BCUT2D eigenvalue weighted by molar-refractivity contribution is 5.85. The zero-order valence-electron chi connectivity index (χ0n) is 7.99. The molecular weight excluding hydrogens is 190 g/mol.